The van der Waals surface area contributed by atoms with Gasteiger partial charge in [-0.1, -0.05) is 25.3 Å². The summed E-state index contributed by atoms with van der Waals surface area (Å²) in [6, 6.07) is 5.50. The van der Waals surface area contributed by atoms with Crippen LogP contribution in [0.4, 0.5) is 20.8 Å². The fourth-order valence-corrected chi connectivity index (χ4v) is 4.31. The highest BCUT2D eigenvalue weighted by Gasteiger charge is 2.19. The molecule has 0 aliphatic heterocycles. The van der Waals surface area contributed by atoms with Crippen LogP contribution in [-0.4, -0.2) is 33.7 Å². The third-order valence-electron chi connectivity index (χ3n) is 5.98. The summed E-state index contributed by atoms with van der Waals surface area (Å²) in [5.41, 5.74) is 1.18. The minimum absolute atomic E-state index is 0.0261. The molecule has 0 unspecified atom stereocenters. The third kappa shape index (κ3) is 4.81. The Morgan fingerprint density at radius 2 is 1.94 bits per heavy atom. The lowest BCUT2D eigenvalue weighted by Crippen LogP contribution is -2.39. The highest BCUT2D eigenvalue weighted by Crippen LogP contribution is 2.26. The van der Waals surface area contributed by atoms with E-state index in [1.54, 1.807) is 23.9 Å². The van der Waals surface area contributed by atoms with Gasteiger partial charge in [0, 0.05) is 36.3 Å². The Balaban J connectivity index is 1.70. The van der Waals surface area contributed by atoms with Crippen molar-refractivity contribution in [2.45, 2.75) is 58.0 Å². The first-order valence-corrected chi connectivity index (χ1v) is 11.3. The SMILES string of the molecule is CNc1ncc2cc(-c3ccc(F)c(NC(=O)NC4CCCCC4)c3)c(=O)n(C(C)C)c2n1. The Labute approximate surface area is 191 Å². The number of pyridine rings is 1. The van der Waals surface area contributed by atoms with E-state index in [4.69, 9.17) is 0 Å². The maximum Gasteiger partial charge on any atom is 0.319 e. The number of carbonyl (C=O) groups excluding carboxylic acids is 1. The smallest absolute Gasteiger partial charge is 0.319 e. The van der Waals surface area contributed by atoms with Crippen LogP contribution in [0.3, 0.4) is 0 Å². The summed E-state index contributed by atoms with van der Waals surface area (Å²) in [6.45, 7) is 3.80. The highest BCUT2D eigenvalue weighted by atomic mass is 19.1. The molecule has 0 spiro atoms. The van der Waals surface area contributed by atoms with Crippen LogP contribution in [0.5, 0.6) is 0 Å². The maximum atomic E-state index is 14.5. The standard InChI is InChI=1S/C24H29FN6O2/c1-14(2)31-21-16(13-27-23(26-3)30-21)11-18(22(31)32)15-9-10-19(25)20(12-15)29-24(33)28-17-7-5-4-6-8-17/h9-14,17H,4-8H2,1-3H3,(H,26,27,30)(H2,28,29,33). The molecule has 0 atom stereocenters. The normalized spacial score (nSPS) is 14.5. The number of halogens is 1. The number of carbonyl (C=O) groups is 1. The number of urea groups is 1. The Morgan fingerprint density at radius 3 is 2.64 bits per heavy atom. The van der Waals surface area contributed by atoms with Crippen molar-refractivity contribution in [1.82, 2.24) is 19.9 Å². The molecule has 1 aliphatic rings. The second-order valence-corrected chi connectivity index (χ2v) is 8.68. The average molecular weight is 453 g/mol. The van der Waals surface area contributed by atoms with Gasteiger partial charge in [-0.3, -0.25) is 9.36 Å². The number of rotatable bonds is 5. The Hall–Kier alpha value is -3.49. The fraction of sp³-hybridized carbons (Fsp3) is 0.417. The fourth-order valence-electron chi connectivity index (χ4n) is 4.31. The van der Waals surface area contributed by atoms with Gasteiger partial charge >= 0.3 is 6.03 Å². The first kappa shape index (κ1) is 22.7. The number of nitrogens with zero attached hydrogens (tertiary/aromatic N) is 3. The van der Waals surface area contributed by atoms with E-state index < -0.39 is 11.8 Å². The predicted octanol–water partition coefficient (Wildman–Crippen LogP) is 4.67. The Morgan fingerprint density at radius 1 is 1.18 bits per heavy atom. The summed E-state index contributed by atoms with van der Waals surface area (Å²) in [4.78, 5) is 34.5. The topological polar surface area (TPSA) is 101 Å². The van der Waals surface area contributed by atoms with E-state index in [9.17, 15) is 14.0 Å². The molecule has 1 aliphatic carbocycles. The van der Waals surface area contributed by atoms with Crippen molar-refractivity contribution >= 4 is 28.7 Å². The van der Waals surface area contributed by atoms with Gasteiger partial charge in [0.15, 0.2) is 0 Å². The van der Waals surface area contributed by atoms with Gasteiger partial charge in [-0.05, 0) is 50.5 Å². The van der Waals surface area contributed by atoms with Crippen LogP contribution in [-0.2, 0) is 0 Å². The van der Waals surface area contributed by atoms with E-state index in [2.05, 4.69) is 25.9 Å². The van der Waals surface area contributed by atoms with Crippen LogP contribution < -0.4 is 21.5 Å². The number of benzene rings is 1. The molecular formula is C24H29FN6O2. The first-order chi connectivity index (χ1) is 15.9. The summed E-state index contributed by atoms with van der Waals surface area (Å²) >= 11 is 0. The lowest BCUT2D eigenvalue weighted by molar-refractivity contribution is 0.244. The summed E-state index contributed by atoms with van der Waals surface area (Å²) in [6.07, 6.45) is 6.85. The molecule has 1 saturated carbocycles. The van der Waals surface area contributed by atoms with Crippen molar-refractivity contribution in [3.8, 4) is 11.1 Å². The molecule has 2 amide bonds. The van der Waals surface area contributed by atoms with Gasteiger partial charge < -0.3 is 16.0 Å². The molecule has 1 aromatic carbocycles. The van der Waals surface area contributed by atoms with E-state index in [1.165, 1.54) is 24.6 Å². The Bertz CT molecular complexity index is 1230. The number of hydrogen-bond donors (Lipinski definition) is 3. The van der Waals surface area contributed by atoms with Crippen LogP contribution in [0.1, 0.15) is 52.0 Å². The highest BCUT2D eigenvalue weighted by molar-refractivity contribution is 5.91. The van der Waals surface area contributed by atoms with Crippen molar-refractivity contribution in [3.05, 3.63) is 46.6 Å². The molecule has 174 valence electrons. The number of aromatic nitrogens is 3. The molecule has 8 nitrogen and oxygen atoms in total. The zero-order chi connectivity index (χ0) is 23.5. The lowest BCUT2D eigenvalue weighted by atomic mass is 9.96. The van der Waals surface area contributed by atoms with Crippen LogP contribution in [0.25, 0.3) is 22.2 Å². The van der Waals surface area contributed by atoms with Crippen molar-refractivity contribution in [2.75, 3.05) is 17.7 Å². The molecule has 9 heteroatoms. The quantitative estimate of drug-likeness (QED) is 0.522. The van der Waals surface area contributed by atoms with Gasteiger partial charge in [-0.2, -0.15) is 4.98 Å². The minimum Gasteiger partial charge on any atom is -0.357 e. The molecule has 2 heterocycles. The number of fused-ring (bicyclic) bond motifs is 1. The van der Waals surface area contributed by atoms with Crippen molar-refractivity contribution < 1.29 is 9.18 Å². The largest absolute Gasteiger partial charge is 0.357 e. The number of amides is 2. The van der Waals surface area contributed by atoms with Gasteiger partial charge in [-0.25, -0.2) is 14.2 Å². The van der Waals surface area contributed by atoms with E-state index in [1.807, 2.05) is 13.8 Å². The summed E-state index contributed by atoms with van der Waals surface area (Å²) in [5.74, 6) is -0.147. The molecule has 3 N–H and O–H groups in total. The minimum atomic E-state index is -0.565. The molecule has 2 aromatic heterocycles. The molecule has 3 aromatic rings. The van der Waals surface area contributed by atoms with Crippen molar-refractivity contribution in [3.63, 3.8) is 0 Å². The average Bonchev–Trinajstić information content (AvgIpc) is 2.80. The second kappa shape index (κ2) is 9.56. The van der Waals surface area contributed by atoms with Crippen LogP contribution in [0.15, 0.2) is 35.3 Å². The van der Waals surface area contributed by atoms with E-state index in [0.717, 1.165) is 25.7 Å². The van der Waals surface area contributed by atoms with Gasteiger partial charge in [-0.15, -0.1) is 0 Å². The number of nitrogens with one attached hydrogen (secondary N) is 3. The van der Waals surface area contributed by atoms with Gasteiger partial charge in [0.2, 0.25) is 5.95 Å². The zero-order valence-electron chi connectivity index (χ0n) is 19.1. The van der Waals surface area contributed by atoms with Gasteiger partial charge in [0.05, 0.1) is 5.69 Å². The predicted molar refractivity (Wildman–Crippen MR) is 128 cm³/mol. The molecular weight excluding hydrogens is 423 g/mol. The molecule has 0 bridgehead atoms. The summed E-state index contributed by atoms with van der Waals surface area (Å²) < 4.78 is 16.1. The molecule has 0 radical (unpaired) electrons. The number of hydrogen-bond acceptors (Lipinski definition) is 5. The third-order valence-corrected chi connectivity index (χ3v) is 5.98. The van der Waals surface area contributed by atoms with Gasteiger partial charge in [0.1, 0.15) is 11.5 Å². The second-order valence-electron chi connectivity index (χ2n) is 8.68. The summed E-state index contributed by atoms with van der Waals surface area (Å²) in [5, 5.41) is 9.10. The Kier molecular flexibility index (Phi) is 6.57. The first-order valence-electron chi connectivity index (χ1n) is 11.3. The monoisotopic (exact) mass is 452 g/mol. The van der Waals surface area contributed by atoms with Crippen LogP contribution in [0.2, 0.25) is 0 Å². The van der Waals surface area contributed by atoms with Crippen molar-refractivity contribution in [1.29, 1.82) is 0 Å². The van der Waals surface area contributed by atoms with Crippen LogP contribution in [0, 0.1) is 5.82 Å². The zero-order valence-corrected chi connectivity index (χ0v) is 19.1. The molecule has 0 saturated heterocycles. The maximum absolute atomic E-state index is 14.5. The van der Waals surface area contributed by atoms with E-state index in [-0.39, 0.29) is 23.3 Å². The summed E-state index contributed by atoms with van der Waals surface area (Å²) in [7, 11) is 1.71. The van der Waals surface area contributed by atoms with Crippen molar-refractivity contribution in [2.24, 2.45) is 0 Å². The van der Waals surface area contributed by atoms with Crippen LogP contribution >= 0.6 is 0 Å². The van der Waals surface area contributed by atoms with E-state index >= 15 is 0 Å². The van der Waals surface area contributed by atoms with Gasteiger partial charge in [0.25, 0.3) is 5.56 Å². The number of anilines is 2. The molecule has 1 fully saturated rings. The molecule has 33 heavy (non-hydrogen) atoms. The lowest BCUT2D eigenvalue weighted by Gasteiger charge is -2.23. The van der Waals surface area contributed by atoms with E-state index in [0.29, 0.717) is 28.1 Å². The molecule has 4 rings (SSSR count).